The normalized spacial score (nSPS) is 23.3. The number of aryl methyl sites for hydroxylation is 1. The molecule has 0 amide bonds. The molecule has 1 aliphatic heterocycles. The smallest absolute Gasteiger partial charge is 0.173 e. The average Bonchev–Trinajstić information content (AvgIpc) is 2.33. The second kappa shape index (κ2) is 5.91. The van der Waals surface area contributed by atoms with Gasteiger partial charge in [-0.1, -0.05) is 26.0 Å². The Hall–Kier alpha value is -1.09. The number of thiocarbonyl (C=S) groups is 1. The summed E-state index contributed by atoms with van der Waals surface area (Å²) in [5.74, 6) is 1.45. The van der Waals surface area contributed by atoms with E-state index < -0.39 is 0 Å². The predicted octanol–water partition coefficient (Wildman–Crippen LogP) is 3.98. The molecular formula is C16H24N2S. The first-order chi connectivity index (χ1) is 8.97. The van der Waals surface area contributed by atoms with E-state index in [1.165, 1.54) is 17.5 Å². The van der Waals surface area contributed by atoms with Gasteiger partial charge in [-0.05, 0) is 61.5 Å². The van der Waals surface area contributed by atoms with Crippen LogP contribution >= 0.6 is 12.2 Å². The molecule has 0 unspecified atom stereocenters. The van der Waals surface area contributed by atoms with Crippen molar-refractivity contribution in [3.63, 3.8) is 0 Å². The lowest BCUT2D eigenvalue weighted by Crippen LogP contribution is -2.44. The number of likely N-dealkylation sites (tertiary alicyclic amines) is 1. The number of rotatable bonds is 1. The number of hydrogen-bond donors (Lipinski definition) is 1. The van der Waals surface area contributed by atoms with Crippen molar-refractivity contribution in [1.29, 1.82) is 0 Å². The van der Waals surface area contributed by atoms with Gasteiger partial charge < -0.3 is 10.2 Å². The van der Waals surface area contributed by atoms with E-state index >= 15 is 0 Å². The summed E-state index contributed by atoms with van der Waals surface area (Å²) in [6.45, 7) is 11.0. The van der Waals surface area contributed by atoms with Gasteiger partial charge in [-0.2, -0.15) is 0 Å². The third kappa shape index (κ3) is 3.47. The fourth-order valence-corrected chi connectivity index (χ4v) is 3.17. The maximum Gasteiger partial charge on any atom is 0.173 e. The molecule has 2 atom stereocenters. The molecule has 2 nitrogen and oxygen atoms in total. The van der Waals surface area contributed by atoms with Crippen LogP contribution in [-0.4, -0.2) is 23.1 Å². The molecule has 3 heteroatoms. The van der Waals surface area contributed by atoms with Gasteiger partial charge in [-0.25, -0.2) is 0 Å². The first-order valence-electron chi connectivity index (χ1n) is 7.09. The van der Waals surface area contributed by atoms with E-state index in [0.717, 1.165) is 35.7 Å². The molecule has 104 valence electrons. The largest absolute Gasteiger partial charge is 0.348 e. The molecule has 1 aliphatic rings. The van der Waals surface area contributed by atoms with E-state index in [4.69, 9.17) is 12.2 Å². The molecule has 0 aliphatic carbocycles. The quantitative estimate of drug-likeness (QED) is 0.781. The lowest BCUT2D eigenvalue weighted by molar-refractivity contribution is 0.216. The van der Waals surface area contributed by atoms with Crippen LogP contribution in [0.25, 0.3) is 0 Å². The van der Waals surface area contributed by atoms with Crippen LogP contribution in [0.5, 0.6) is 0 Å². The Morgan fingerprint density at radius 3 is 2.47 bits per heavy atom. The first-order valence-corrected chi connectivity index (χ1v) is 7.50. The summed E-state index contributed by atoms with van der Waals surface area (Å²) in [7, 11) is 0. The van der Waals surface area contributed by atoms with Crippen molar-refractivity contribution in [2.75, 3.05) is 18.4 Å². The molecule has 1 N–H and O–H groups in total. The van der Waals surface area contributed by atoms with E-state index in [2.05, 4.69) is 56.1 Å². The highest BCUT2D eigenvalue weighted by atomic mass is 32.1. The number of hydrogen-bond acceptors (Lipinski definition) is 1. The third-order valence-electron chi connectivity index (χ3n) is 4.00. The van der Waals surface area contributed by atoms with Gasteiger partial charge in [0.15, 0.2) is 5.11 Å². The molecule has 0 aromatic heterocycles. The number of benzene rings is 1. The zero-order valence-corrected chi connectivity index (χ0v) is 13.2. The fraction of sp³-hybridized carbons (Fsp3) is 0.562. The molecule has 0 radical (unpaired) electrons. The Kier molecular flexibility index (Phi) is 4.46. The van der Waals surface area contributed by atoms with Crippen molar-refractivity contribution < 1.29 is 0 Å². The topological polar surface area (TPSA) is 15.3 Å². The molecule has 0 spiro atoms. The van der Waals surface area contributed by atoms with E-state index in [-0.39, 0.29) is 0 Å². The average molecular weight is 276 g/mol. The fourth-order valence-electron chi connectivity index (χ4n) is 2.91. The SMILES string of the molecule is Cc1cccc(NC(=S)N2C[C@H](C)C[C@@H](C)C2)c1C. The molecule has 19 heavy (non-hydrogen) atoms. The zero-order chi connectivity index (χ0) is 14.0. The minimum atomic E-state index is 0.724. The Morgan fingerprint density at radius 1 is 1.21 bits per heavy atom. The lowest BCUT2D eigenvalue weighted by atomic mass is 9.92. The van der Waals surface area contributed by atoms with Gasteiger partial charge in [0, 0.05) is 18.8 Å². The van der Waals surface area contributed by atoms with Crippen LogP contribution in [0.2, 0.25) is 0 Å². The Labute approximate surface area is 122 Å². The van der Waals surface area contributed by atoms with Crippen LogP contribution in [0.1, 0.15) is 31.4 Å². The molecule has 1 heterocycles. The van der Waals surface area contributed by atoms with Crippen LogP contribution in [0.4, 0.5) is 5.69 Å². The zero-order valence-electron chi connectivity index (χ0n) is 12.4. The van der Waals surface area contributed by atoms with Crippen molar-refractivity contribution in [3.8, 4) is 0 Å². The summed E-state index contributed by atoms with van der Waals surface area (Å²) in [5, 5.41) is 4.29. The van der Waals surface area contributed by atoms with Gasteiger partial charge >= 0.3 is 0 Å². The van der Waals surface area contributed by atoms with Gasteiger partial charge in [0.1, 0.15) is 0 Å². The summed E-state index contributed by atoms with van der Waals surface area (Å²) in [4.78, 5) is 2.32. The minimum absolute atomic E-state index is 0.724. The first kappa shape index (κ1) is 14.3. The molecule has 1 fully saturated rings. The highest BCUT2D eigenvalue weighted by Crippen LogP contribution is 2.23. The number of nitrogens with zero attached hydrogens (tertiary/aromatic N) is 1. The second-order valence-electron chi connectivity index (χ2n) is 6.03. The van der Waals surface area contributed by atoms with Crippen molar-refractivity contribution in [2.45, 2.75) is 34.1 Å². The van der Waals surface area contributed by atoms with Crippen molar-refractivity contribution in [1.82, 2.24) is 4.90 Å². The number of nitrogens with one attached hydrogen (secondary N) is 1. The molecule has 0 bridgehead atoms. The van der Waals surface area contributed by atoms with Gasteiger partial charge in [-0.15, -0.1) is 0 Å². The van der Waals surface area contributed by atoms with E-state index in [0.29, 0.717) is 0 Å². The summed E-state index contributed by atoms with van der Waals surface area (Å²) < 4.78 is 0. The van der Waals surface area contributed by atoms with Gasteiger partial charge in [0.25, 0.3) is 0 Å². The minimum Gasteiger partial charge on any atom is -0.348 e. The predicted molar refractivity (Wildman–Crippen MR) is 86.7 cm³/mol. The molecule has 1 aromatic carbocycles. The summed E-state index contributed by atoms with van der Waals surface area (Å²) in [5.41, 5.74) is 3.71. The standard InChI is InChI=1S/C16H24N2S/c1-11-8-12(2)10-18(9-11)16(19)17-15-7-5-6-13(3)14(15)4/h5-7,11-12H,8-10H2,1-4H3,(H,17,19)/t11-,12-/m1/s1. The highest BCUT2D eigenvalue weighted by Gasteiger charge is 2.23. The maximum atomic E-state index is 5.58. The van der Waals surface area contributed by atoms with Crippen LogP contribution < -0.4 is 5.32 Å². The molecule has 1 saturated heterocycles. The molecule has 0 saturated carbocycles. The van der Waals surface area contributed by atoms with Crippen LogP contribution in [0.15, 0.2) is 18.2 Å². The Balaban J connectivity index is 2.06. The summed E-state index contributed by atoms with van der Waals surface area (Å²) in [6.07, 6.45) is 1.31. The molecular weight excluding hydrogens is 252 g/mol. The van der Waals surface area contributed by atoms with Crippen molar-refractivity contribution >= 4 is 23.0 Å². The van der Waals surface area contributed by atoms with Crippen LogP contribution in [0, 0.1) is 25.7 Å². The van der Waals surface area contributed by atoms with E-state index in [1.807, 2.05) is 0 Å². The highest BCUT2D eigenvalue weighted by molar-refractivity contribution is 7.80. The Morgan fingerprint density at radius 2 is 1.84 bits per heavy atom. The molecule has 2 rings (SSSR count). The monoisotopic (exact) mass is 276 g/mol. The number of piperidine rings is 1. The van der Waals surface area contributed by atoms with Crippen LogP contribution in [-0.2, 0) is 0 Å². The van der Waals surface area contributed by atoms with E-state index in [1.54, 1.807) is 0 Å². The van der Waals surface area contributed by atoms with Crippen LogP contribution in [0.3, 0.4) is 0 Å². The number of anilines is 1. The van der Waals surface area contributed by atoms with E-state index in [9.17, 15) is 0 Å². The third-order valence-corrected chi connectivity index (χ3v) is 4.36. The summed E-state index contributed by atoms with van der Waals surface area (Å²) in [6, 6.07) is 6.31. The Bertz CT molecular complexity index is 460. The van der Waals surface area contributed by atoms with Gasteiger partial charge in [-0.3, -0.25) is 0 Å². The summed E-state index contributed by atoms with van der Waals surface area (Å²) >= 11 is 5.58. The van der Waals surface area contributed by atoms with Crippen molar-refractivity contribution in [2.24, 2.45) is 11.8 Å². The lowest BCUT2D eigenvalue weighted by Gasteiger charge is -2.36. The van der Waals surface area contributed by atoms with Crippen molar-refractivity contribution in [3.05, 3.63) is 29.3 Å². The maximum absolute atomic E-state index is 5.58. The second-order valence-corrected chi connectivity index (χ2v) is 6.42. The van der Waals surface area contributed by atoms with Gasteiger partial charge in [0.2, 0.25) is 0 Å². The molecule has 1 aromatic rings. The van der Waals surface area contributed by atoms with Gasteiger partial charge in [0.05, 0.1) is 0 Å².